The molecule has 8 heteroatoms. The number of rotatable bonds is 5. The summed E-state index contributed by atoms with van der Waals surface area (Å²) in [6.07, 6.45) is 5.73. The van der Waals surface area contributed by atoms with E-state index in [1.807, 2.05) is 42.5 Å². The summed E-state index contributed by atoms with van der Waals surface area (Å²) in [6, 6.07) is 20.6. The molecule has 1 fully saturated rings. The Morgan fingerprint density at radius 3 is 2.66 bits per heavy atom. The van der Waals surface area contributed by atoms with Gasteiger partial charge in [0.15, 0.2) is 0 Å². The number of piperidine rings is 1. The number of H-pyrrole nitrogens is 2. The van der Waals surface area contributed by atoms with Crippen molar-refractivity contribution in [2.45, 2.75) is 18.9 Å². The normalized spacial score (nSPS) is 14.3. The van der Waals surface area contributed by atoms with Gasteiger partial charge >= 0.3 is 0 Å². The van der Waals surface area contributed by atoms with Gasteiger partial charge in [-0.05, 0) is 79.5 Å². The maximum absolute atomic E-state index is 13.9. The van der Waals surface area contributed by atoms with E-state index in [4.69, 9.17) is 9.72 Å². The molecule has 38 heavy (non-hydrogen) atoms. The molecule has 4 aromatic heterocycles. The first kappa shape index (κ1) is 22.6. The highest BCUT2D eigenvalue weighted by Crippen LogP contribution is 2.34. The lowest BCUT2D eigenvalue weighted by atomic mass is 10.0. The fourth-order valence-electron chi connectivity index (χ4n) is 5.17. The summed E-state index contributed by atoms with van der Waals surface area (Å²) in [7, 11) is 0. The minimum atomic E-state index is -0.259. The van der Waals surface area contributed by atoms with Gasteiger partial charge in [-0.15, -0.1) is 0 Å². The Morgan fingerprint density at radius 1 is 0.868 bits per heavy atom. The van der Waals surface area contributed by atoms with E-state index in [9.17, 15) is 4.39 Å². The summed E-state index contributed by atoms with van der Waals surface area (Å²) in [6.45, 7) is 1.94. The zero-order valence-corrected chi connectivity index (χ0v) is 20.5. The monoisotopic (exact) mass is 504 g/mol. The summed E-state index contributed by atoms with van der Waals surface area (Å²) >= 11 is 0. The Bertz CT molecular complexity index is 1770. The molecule has 5 heterocycles. The Hall–Kier alpha value is -4.56. The number of halogens is 1. The lowest BCUT2D eigenvalue weighted by Gasteiger charge is -2.23. The molecule has 7 rings (SSSR count). The molecule has 1 aliphatic rings. The summed E-state index contributed by atoms with van der Waals surface area (Å²) in [5.74, 6) is 0.495. The number of nitrogens with one attached hydrogen (secondary N) is 3. The number of ether oxygens (including phenoxy) is 1. The highest BCUT2D eigenvalue weighted by Gasteiger charge is 2.17. The van der Waals surface area contributed by atoms with Crippen LogP contribution in [0, 0.1) is 5.82 Å². The quantitative estimate of drug-likeness (QED) is 0.264. The molecule has 2 aromatic carbocycles. The maximum Gasteiger partial charge on any atom is 0.138 e. The highest BCUT2D eigenvalue weighted by atomic mass is 19.1. The van der Waals surface area contributed by atoms with Crippen LogP contribution >= 0.6 is 0 Å². The van der Waals surface area contributed by atoms with Crippen molar-refractivity contribution in [2.24, 2.45) is 0 Å². The molecule has 0 bridgehead atoms. The molecule has 0 aliphatic carbocycles. The van der Waals surface area contributed by atoms with Gasteiger partial charge in [0, 0.05) is 22.7 Å². The van der Waals surface area contributed by atoms with Gasteiger partial charge in [-0.25, -0.2) is 9.37 Å². The molecule has 0 spiro atoms. The number of benzene rings is 2. The molecule has 6 aromatic rings. The van der Waals surface area contributed by atoms with E-state index in [-0.39, 0.29) is 11.9 Å². The summed E-state index contributed by atoms with van der Waals surface area (Å²) in [5, 5.41) is 12.0. The fourth-order valence-corrected chi connectivity index (χ4v) is 5.17. The van der Waals surface area contributed by atoms with Crippen molar-refractivity contribution in [2.75, 3.05) is 13.1 Å². The van der Waals surface area contributed by atoms with Gasteiger partial charge in [-0.2, -0.15) is 5.10 Å². The van der Waals surface area contributed by atoms with Gasteiger partial charge in [0.25, 0.3) is 0 Å². The topological polar surface area (TPSA) is 91.5 Å². The van der Waals surface area contributed by atoms with E-state index in [1.54, 1.807) is 24.5 Å². The van der Waals surface area contributed by atoms with Crippen LogP contribution in [-0.2, 0) is 0 Å². The van der Waals surface area contributed by atoms with Gasteiger partial charge in [-0.3, -0.25) is 10.1 Å². The second-order valence-corrected chi connectivity index (χ2v) is 9.60. The maximum atomic E-state index is 13.9. The number of pyridine rings is 2. The third-order valence-electron chi connectivity index (χ3n) is 7.06. The van der Waals surface area contributed by atoms with Crippen LogP contribution in [0.3, 0.4) is 0 Å². The second-order valence-electron chi connectivity index (χ2n) is 9.60. The molecule has 0 amide bonds. The van der Waals surface area contributed by atoms with Gasteiger partial charge in [0.05, 0.1) is 23.1 Å². The first-order valence-corrected chi connectivity index (χ1v) is 12.8. The molecule has 0 atom stereocenters. The largest absolute Gasteiger partial charge is 0.489 e. The van der Waals surface area contributed by atoms with E-state index in [1.165, 1.54) is 6.07 Å². The standard InChI is InChI=1S/C30H25FN6O/c31-20-4-1-3-18(13-20)23-5-2-6-26-24(23)15-28(34-26)30-29-27(36-37-30)8-7-25(35-29)19-14-22(17-33-16-19)38-21-9-11-32-12-10-21/h1-8,13-17,21,32,34H,9-12H2,(H,36,37). The van der Waals surface area contributed by atoms with Crippen LogP contribution in [0.15, 0.2) is 79.1 Å². The first-order chi connectivity index (χ1) is 18.7. The molecule has 1 saturated heterocycles. The highest BCUT2D eigenvalue weighted by molar-refractivity contribution is 6.00. The summed E-state index contributed by atoms with van der Waals surface area (Å²) < 4.78 is 20.1. The predicted molar refractivity (Wildman–Crippen MR) is 146 cm³/mol. The van der Waals surface area contributed by atoms with Crippen LogP contribution in [0.5, 0.6) is 5.75 Å². The van der Waals surface area contributed by atoms with E-state index in [0.29, 0.717) is 0 Å². The van der Waals surface area contributed by atoms with Gasteiger partial charge in [-0.1, -0.05) is 24.3 Å². The van der Waals surface area contributed by atoms with Crippen molar-refractivity contribution in [1.29, 1.82) is 0 Å². The van der Waals surface area contributed by atoms with Crippen LogP contribution in [0.4, 0.5) is 4.39 Å². The lowest BCUT2D eigenvalue weighted by molar-refractivity contribution is 0.162. The molecule has 0 unspecified atom stereocenters. The van der Waals surface area contributed by atoms with Crippen molar-refractivity contribution in [3.63, 3.8) is 0 Å². The number of nitrogens with zero attached hydrogens (tertiary/aromatic N) is 3. The smallest absolute Gasteiger partial charge is 0.138 e. The average Bonchev–Trinajstić information content (AvgIpc) is 3.57. The van der Waals surface area contributed by atoms with Crippen LogP contribution in [0.1, 0.15) is 12.8 Å². The lowest BCUT2D eigenvalue weighted by Crippen LogP contribution is -2.34. The van der Waals surface area contributed by atoms with E-state index < -0.39 is 0 Å². The summed E-state index contributed by atoms with van der Waals surface area (Å²) in [4.78, 5) is 12.8. The van der Waals surface area contributed by atoms with Crippen molar-refractivity contribution < 1.29 is 9.13 Å². The van der Waals surface area contributed by atoms with Crippen LogP contribution in [-0.4, -0.2) is 44.3 Å². The Morgan fingerprint density at radius 2 is 1.76 bits per heavy atom. The average molecular weight is 505 g/mol. The molecular weight excluding hydrogens is 479 g/mol. The predicted octanol–water partition coefficient (Wildman–Crippen LogP) is 6.11. The molecule has 0 saturated carbocycles. The Balaban J connectivity index is 1.26. The minimum Gasteiger partial charge on any atom is -0.489 e. The van der Waals surface area contributed by atoms with Crippen LogP contribution < -0.4 is 10.1 Å². The van der Waals surface area contributed by atoms with Gasteiger partial charge in [0.1, 0.15) is 28.9 Å². The third kappa shape index (κ3) is 4.18. The SMILES string of the molecule is Fc1cccc(-c2cccc3[nH]c(-c4n[nH]c5ccc(-c6cncc(OC7CCNCC7)c6)nc45)cc23)c1. The van der Waals surface area contributed by atoms with Gasteiger partial charge < -0.3 is 15.0 Å². The minimum absolute atomic E-state index is 0.198. The second kappa shape index (κ2) is 9.39. The van der Waals surface area contributed by atoms with Crippen molar-refractivity contribution in [1.82, 2.24) is 30.5 Å². The molecule has 3 N–H and O–H groups in total. The molecule has 1 aliphatic heterocycles. The number of hydrogen-bond acceptors (Lipinski definition) is 5. The fraction of sp³-hybridized carbons (Fsp3) is 0.167. The molecule has 0 radical (unpaired) electrons. The zero-order chi connectivity index (χ0) is 25.5. The molecule has 188 valence electrons. The van der Waals surface area contributed by atoms with Gasteiger partial charge in [0.2, 0.25) is 0 Å². The summed E-state index contributed by atoms with van der Waals surface area (Å²) in [5.41, 5.74) is 7.55. The van der Waals surface area contributed by atoms with E-state index >= 15 is 0 Å². The van der Waals surface area contributed by atoms with E-state index in [0.717, 1.165) is 87.4 Å². The van der Waals surface area contributed by atoms with Crippen molar-refractivity contribution in [3.8, 4) is 39.5 Å². The molecular formula is C30H25FN6O. The molecule has 7 nitrogen and oxygen atoms in total. The zero-order valence-electron chi connectivity index (χ0n) is 20.5. The Kier molecular flexibility index (Phi) is 5.59. The van der Waals surface area contributed by atoms with Crippen molar-refractivity contribution in [3.05, 3.63) is 84.9 Å². The first-order valence-electron chi connectivity index (χ1n) is 12.8. The third-order valence-corrected chi connectivity index (χ3v) is 7.06. The van der Waals surface area contributed by atoms with E-state index in [2.05, 4.69) is 31.5 Å². The van der Waals surface area contributed by atoms with Crippen LogP contribution in [0.25, 0.3) is 55.7 Å². The Labute approximate surface area is 218 Å². The number of aromatic nitrogens is 5. The number of hydrogen-bond donors (Lipinski definition) is 3. The number of aromatic amines is 2. The number of fused-ring (bicyclic) bond motifs is 2. The van der Waals surface area contributed by atoms with Crippen LogP contribution in [0.2, 0.25) is 0 Å². The van der Waals surface area contributed by atoms with Crippen molar-refractivity contribution >= 4 is 21.9 Å².